The van der Waals surface area contributed by atoms with E-state index in [0.29, 0.717) is 34.8 Å². The lowest BCUT2D eigenvalue weighted by Crippen LogP contribution is -2.34. The summed E-state index contributed by atoms with van der Waals surface area (Å²) in [7, 11) is 0. The lowest BCUT2D eigenvalue weighted by molar-refractivity contribution is -0.144. The number of aryl methyl sites for hydroxylation is 1. The van der Waals surface area contributed by atoms with Gasteiger partial charge in [-0.3, -0.25) is 4.79 Å². The quantitative estimate of drug-likeness (QED) is 0.435. The molecule has 0 aliphatic carbocycles. The second-order valence-corrected chi connectivity index (χ2v) is 6.85. The van der Waals surface area contributed by atoms with Gasteiger partial charge in [0.25, 0.3) is 0 Å². The molecule has 0 amide bonds. The zero-order valence-corrected chi connectivity index (χ0v) is 16.4. The van der Waals surface area contributed by atoms with E-state index in [1.807, 2.05) is 37.3 Å². The predicted molar refractivity (Wildman–Crippen MR) is 107 cm³/mol. The molecule has 0 saturated heterocycles. The molecule has 0 bridgehead atoms. The van der Waals surface area contributed by atoms with Gasteiger partial charge in [0.15, 0.2) is 0 Å². The van der Waals surface area contributed by atoms with Crippen molar-refractivity contribution >= 4 is 29.4 Å². The van der Waals surface area contributed by atoms with E-state index in [-0.39, 0.29) is 0 Å². The number of hydrogen-bond acceptors (Lipinski definition) is 9. The molecule has 9 heteroatoms. The first-order valence-electron chi connectivity index (χ1n) is 8.75. The van der Waals surface area contributed by atoms with Gasteiger partial charge in [0.1, 0.15) is 16.8 Å². The fraction of sp³-hybridized carbons (Fsp3) is 0.263. The third-order valence-electron chi connectivity index (χ3n) is 3.76. The Morgan fingerprint density at radius 1 is 1.32 bits per heavy atom. The number of benzene rings is 1. The number of carbonyl (C=O) groups is 1. The van der Waals surface area contributed by atoms with Crippen molar-refractivity contribution in [2.24, 2.45) is 5.73 Å². The van der Waals surface area contributed by atoms with Crippen molar-refractivity contribution in [1.82, 2.24) is 15.1 Å². The van der Waals surface area contributed by atoms with Crippen LogP contribution in [0.4, 0.5) is 11.6 Å². The highest BCUT2D eigenvalue weighted by molar-refractivity contribution is 7.99. The van der Waals surface area contributed by atoms with Crippen LogP contribution in [0.3, 0.4) is 0 Å². The van der Waals surface area contributed by atoms with E-state index < -0.39 is 12.0 Å². The Balaban J connectivity index is 1.78. The molecule has 2 aromatic heterocycles. The minimum absolute atomic E-state index is 0.295. The lowest BCUT2D eigenvalue weighted by atomic mass is 10.2. The summed E-state index contributed by atoms with van der Waals surface area (Å²) in [4.78, 5) is 20.5. The molecule has 0 aliphatic heterocycles. The van der Waals surface area contributed by atoms with Crippen LogP contribution in [-0.4, -0.2) is 39.5 Å². The molecule has 0 aliphatic rings. The van der Waals surface area contributed by atoms with Crippen molar-refractivity contribution in [2.75, 3.05) is 17.7 Å². The van der Waals surface area contributed by atoms with Crippen LogP contribution in [0, 0.1) is 6.92 Å². The number of esters is 1. The van der Waals surface area contributed by atoms with E-state index in [2.05, 4.69) is 20.4 Å². The average Bonchev–Trinajstić information content (AvgIpc) is 3.07. The molecule has 0 radical (unpaired) electrons. The first-order valence-corrected chi connectivity index (χ1v) is 9.73. The summed E-state index contributed by atoms with van der Waals surface area (Å²) >= 11 is 1.32. The molecule has 146 valence electrons. The zero-order chi connectivity index (χ0) is 19.9. The van der Waals surface area contributed by atoms with Crippen molar-refractivity contribution in [1.29, 1.82) is 0 Å². The van der Waals surface area contributed by atoms with Gasteiger partial charge in [-0.05, 0) is 32.0 Å². The number of ether oxygens (including phenoxy) is 1. The number of carbonyl (C=O) groups excluding carboxylic acids is 1. The van der Waals surface area contributed by atoms with E-state index >= 15 is 0 Å². The number of aromatic nitrogens is 3. The maximum absolute atomic E-state index is 11.7. The number of rotatable bonds is 8. The van der Waals surface area contributed by atoms with E-state index in [1.54, 1.807) is 19.2 Å². The third-order valence-corrected chi connectivity index (χ3v) is 4.84. The Bertz CT molecular complexity index is 932. The molecular formula is C19H21N5O3S. The van der Waals surface area contributed by atoms with Gasteiger partial charge in [-0.25, -0.2) is 9.97 Å². The number of thioether (sulfide) groups is 1. The summed E-state index contributed by atoms with van der Waals surface area (Å²) in [6.45, 7) is 3.85. The van der Waals surface area contributed by atoms with E-state index in [0.717, 1.165) is 11.3 Å². The highest BCUT2D eigenvalue weighted by Crippen LogP contribution is 2.33. The van der Waals surface area contributed by atoms with E-state index in [1.165, 1.54) is 11.8 Å². The molecule has 2 heterocycles. The summed E-state index contributed by atoms with van der Waals surface area (Å²) in [5.41, 5.74) is 8.17. The first kappa shape index (κ1) is 19.8. The van der Waals surface area contributed by atoms with Gasteiger partial charge in [0.2, 0.25) is 5.95 Å². The molecule has 0 spiro atoms. The van der Waals surface area contributed by atoms with Gasteiger partial charge < -0.3 is 20.3 Å². The van der Waals surface area contributed by atoms with Gasteiger partial charge >= 0.3 is 5.97 Å². The van der Waals surface area contributed by atoms with Gasteiger partial charge in [-0.2, -0.15) is 0 Å². The zero-order valence-electron chi connectivity index (χ0n) is 15.6. The summed E-state index contributed by atoms with van der Waals surface area (Å²) in [6, 6.07) is 10.7. The number of anilines is 2. The SMILES string of the molecule is CCOC(=O)C(N)CSc1noc(C)c1-c1ccnc(Nc2ccccc2)n1. The normalized spacial score (nSPS) is 11.8. The van der Waals surface area contributed by atoms with Crippen LogP contribution in [0.5, 0.6) is 0 Å². The fourth-order valence-corrected chi connectivity index (χ4v) is 3.39. The number of nitrogens with two attached hydrogens (primary N) is 1. The van der Waals surface area contributed by atoms with Crippen LogP contribution in [0.15, 0.2) is 52.1 Å². The van der Waals surface area contributed by atoms with Crippen LogP contribution < -0.4 is 11.1 Å². The second-order valence-electron chi connectivity index (χ2n) is 5.84. The molecule has 3 rings (SSSR count). The Hall–Kier alpha value is -2.91. The van der Waals surface area contributed by atoms with Gasteiger partial charge in [-0.1, -0.05) is 23.4 Å². The lowest BCUT2D eigenvalue weighted by Gasteiger charge is -2.10. The van der Waals surface area contributed by atoms with E-state index in [4.69, 9.17) is 15.0 Å². The van der Waals surface area contributed by atoms with Crippen molar-refractivity contribution in [3.8, 4) is 11.3 Å². The Labute approximate surface area is 166 Å². The maximum atomic E-state index is 11.7. The smallest absolute Gasteiger partial charge is 0.323 e. The Morgan fingerprint density at radius 2 is 2.11 bits per heavy atom. The largest absolute Gasteiger partial charge is 0.465 e. The molecular weight excluding hydrogens is 378 g/mol. The topological polar surface area (TPSA) is 116 Å². The molecule has 0 fully saturated rings. The Morgan fingerprint density at radius 3 is 2.86 bits per heavy atom. The predicted octanol–water partition coefficient (Wildman–Crippen LogP) is 3.17. The highest BCUT2D eigenvalue weighted by Gasteiger charge is 2.21. The van der Waals surface area contributed by atoms with Crippen LogP contribution in [0.2, 0.25) is 0 Å². The molecule has 0 saturated carbocycles. The van der Waals surface area contributed by atoms with Crippen molar-refractivity contribution < 1.29 is 14.1 Å². The molecule has 28 heavy (non-hydrogen) atoms. The van der Waals surface area contributed by atoms with Crippen LogP contribution in [-0.2, 0) is 9.53 Å². The second kappa shape index (κ2) is 9.34. The van der Waals surface area contributed by atoms with Gasteiger partial charge in [0.05, 0.1) is 17.9 Å². The number of para-hydroxylation sites is 1. The third kappa shape index (κ3) is 4.87. The molecule has 3 aromatic rings. The highest BCUT2D eigenvalue weighted by atomic mass is 32.2. The molecule has 1 aromatic carbocycles. The van der Waals surface area contributed by atoms with Gasteiger partial charge in [0, 0.05) is 17.6 Å². The van der Waals surface area contributed by atoms with Crippen molar-refractivity contribution in [3.63, 3.8) is 0 Å². The van der Waals surface area contributed by atoms with Crippen LogP contribution >= 0.6 is 11.8 Å². The van der Waals surface area contributed by atoms with Crippen molar-refractivity contribution in [3.05, 3.63) is 48.4 Å². The van der Waals surface area contributed by atoms with Gasteiger partial charge in [-0.15, -0.1) is 11.8 Å². The molecule has 1 unspecified atom stereocenters. The Kier molecular flexibility index (Phi) is 6.62. The molecule has 3 N–H and O–H groups in total. The summed E-state index contributed by atoms with van der Waals surface area (Å²) in [5.74, 6) is 0.964. The van der Waals surface area contributed by atoms with Crippen LogP contribution in [0.1, 0.15) is 12.7 Å². The van der Waals surface area contributed by atoms with Crippen molar-refractivity contribution in [2.45, 2.75) is 24.9 Å². The minimum atomic E-state index is -0.740. The summed E-state index contributed by atoms with van der Waals surface area (Å²) < 4.78 is 10.3. The average molecular weight is 399 g/mol. The first-order chi connectivity index (χ1) is 13.6. The number of hydrogen-bond donors (Lipinski definition) is 2. The number of nitrogens with zero attached hydrogens (tertiary/aromatic N) is 3. The number of nitrogens with one attached hydrogen (secondary N) is 1. The summed E-state index contributed by atoms with van der Waals surface area (Å²) in [5, 5.41) is 7.86. The van der Waals surface area contributed by atoms with E-state index in [9.17, 15) is 4.79 Å². The maximum Gasteiger partial charge on any atom is 0.323 e. The fourth-order valence-electron chi connectivity index (χ4n) is 2.44. The minimum Gasteiger partial charge on any atom is -0.465 e. The molecule has 1 atom stereocenters. The standard InChI is InChI=1S/C19H21N5O3S/c1-3-26-18(25)14(20)11-28-17-16(12(2)27-24-17)15-9-10-21-19(23-15)22-13-7-5-4-6-8-13/h4-10,14H,3,11,20H2,1-2H3,(H,21,22,23). The summed E-state index contributed by atoms with van der Waals surface area (Å²) in [6.07, 6.45) is 1.67. The monoisotopic (exact) mass is 399 g/mol. The molecule has 8 nitrogen and oxygen atoms in total. The van der Waals surface area contributed by atoms with Crippen LogP contribution in [0.25, 0.3) is 11.3 Å².